The van der Waals surface area contributed by atoms with E-state index in [1.807, 2.05) is 13.8 Å². The first-order valence-corrected chi connectivity index (χ1v) is 27.1. The zero-order valence-corrected chi connectivity index (χ0v) is 45.1. The van der Waals surface area contributed by atoms with E-state index in [1.54, 1.807) is 0 Å². The first-order chi connectivity index (χ1) is 36.3. The summed E-state index contributed by atoms with van der Waals surface area (Å²) in [5, 5.41) is 136. The van der Waals surface area contributed by atoms with Crippen LogP contribution in [-0.2, 0) is 57.1 Å². The minimum absolute atomic E-state index is 0.0778. The Balaban J connectivity index is 1.09. The minimum Gasteiger partial charge on any atom is -0.480 e. The molecular formula is C53H82O25. The highest BCUT2D eigenvalue weighted by atomic mass is 16.8. The third-order valence-electron chi connectivity index (χ3n) is 20.4. The van der Waals surface area contributed by atoms with E-state index in [9.17, 15) is 85.6 Å². The molecule has 0 amide bonds. The Morgan fingerprint density at radius 3 is 1.86 bits per heavy atom. The second-order valence-electron chi connectivity index (χ2n) is 25.5. The average molecular weight is 1120 g/mol. The normalized spacial score (nSPS) is 47.6. The molecule has 3 saturated heterocycles. The van der Waals surface area contributed by atoms with Crippen molar-refractivity contribution in [2.24, 2.45) is 50.2 Å². The van der Waals surface area contributed by atoms with Gasteiger partial charge in [0.2, 0.25) is 12.4 Å². The second kappa shape index (κ2) is 22.3. The van der Waals surface area contributed by atoms with E-state index < -0.39 is 171 Å². The lowest BCUT2D eigenvalue weighted by molar-refractivity contribution is -0.387. The lowest BCUT2D eigenvalue weighted by atomic mass is 9.33. The predicted molar refractivity (Wildman–Crippen MR) is 261 cm³/mol. The molecule has 0 spiro atoms. The van der Waals surface area contributed by atoms with Crippen molar-refractivity contribution in [3.05, 3.63) is 11.6 Å². The molecule has 25 heteroatoms. The maximum absolute atomic E-state index is 14.8. The number of esters is 1. The van der Waals surface area contributed by atoms with Crippen LogP contribution in [-0.4, -0.2) is 221 Å². The summed E-state index contributed by atoms with van der Waals surface area (Å²) in [4.78, 5) is 51.2. The Labute approximate surface area is 451 Å². The van der Waals surface area contributed by atoms with Crippen LogP contribution in [0.5, 0.6) is 0 Å². The number of carbonyl (C=O) groups excluding carboxylic acids is 1. The first kappa shape index (κ1) is 61.0. The number of hydrogen-bond acceptors (Lipinski definition) is 22. The van der Waals surface area contributed by atoms with Crippen LogP contribution in [0.15, 0.2) is 11.6 Å². The van der Waals surface area contributed by atoms with Crippen molar-refractivity contribution in [1.82, 2.24) is 0 Å². The SMILES string of the molecule is CC1(C)CC[C@]2(C(=O)O[C@@H]3O[C@H](CO)[C@@H](O)[C@H](O)[C@H]3O)CC[C@]3(C)C(=CC[C@@H]4[C@@]5(C)CC[C@H](O[C@@H]6O[C@H](C(=O)O)[C@@H](O)[C@H](O[C@H](OCC(=O)O)[C@@H](O)C(=O)O)[C@H]6O[C@@H]6O[C@H](CO)[C@@H](O)[C@H](O)[C@H]6O)C(C)(C)[C@H]5CC[C@]43C)[C@H]2C1. The summed E-state index contributed by atoms with van der Waals surface area (Å²) >= 11 is 0. The summed E-state index contributed by atoms with van der Waals surface area (Å²) in [5.41, 5.74) is -1.80. The molecule has 8 aliphatic rings. The maximum Gasteiger partial charge on any atom is 0.337 e. The Kier molecular flexibility index (Phi) is 17.4. The fourth-order valence-corrected chi connectivity index (χ4v) is 15.8. The van der Waals surface area contributed by atoms with Crippen molar-refractivity contribution in [3.63, 3.8) is 0 Å². The van der Waals surface area contributed by atoms with Crippen molar-refractivity contribution >= 4 is 23.9 Å². The number of rotatable bonds is 16. The Bertz CT molecular complexity index is 2240. The highest BCUT2D eigenvalue weighted by Crippen LogP contribution is 2.76. The van der Waals surface area contributed by atoms with Crippen LogP contribution in [0.1, 0.15) is 113 Å². The van der Waals surface area contributed by atoms with E-state index in [1.165, 1.54) is 5.57 Å². The topological polar surface area (TPSA) is 405 Å². The second-order valence-corrected chi connectivity index (χ2v) is 25.5. The molecule has 0 aromatic rings. The lowest BCUT2D eigenvalue weighted by Gasteiger charge is -2.71. The zero-order chi connectivity index (χ0) is 57.6. The molecule has 7 fully saturated rings. The van der Waals surface area contributed by atoms with Crippen molar-refractivity contribution in [3.8, 4) is 0 Å². The van der Waals surface area contributed by atoms with Gasteiger partial charge in [-0.25, -0.2) is 14.4 Å². The van der Waals surface area contributed by atoms with Gasteiger partial charge in [-0.1, -0.05) is 60.1 Å². The molecule has 3 heterocycles. The number of fused-ring (bicyclic) bond motifs is 7. The zero-order valence-electron chi connectivity index (χ0n) is 45.1. The summed E-state index contributed by atoms with van der Waals surface area (Å²) in [5.74, 6) is -6.13. The van der Waals surface area contributed by atoms with Crippen LogP contribution in [0.2, 0.25) is 0 Å². The van der Waals surface area contributed by atoms with E-state index in [0.29, 0.717) is 51.4 Å². The number of allylic oxidation sites excluding steroid dienone is 2. The molecule has 8 rings (SSSR count). The number of aliphatic hydroxyl groups is 10. The maximum atomic E-state index is 14.8. The highest BCUT2D eigenvalue weighted by molar-refractivity contribution is 5.79. The van der Waals surface area contributed by atoms with E-state index in [-0.39, 0.29) is 34.0 Å². The monoisotopic (exact) mass is 1120 g/mol. The van der Waals surface area contributed by atoms with Gasteiger partial charge >= 0.3 is 23.9 Å². The van der Waals surface area contributed by atoms with Crippen LogP contribution < -0.4 is 0 Å². The summed E-state index contributed by atoms with van der Waals surface area (Å²) in [6.45, 7) is 12.5. The number of aliphatic carboxylic acids is 3. The molecule has 444 valence electrons. The van der Waals surface area contributed by atoms with Crippen LogP contribution in [0.25, 0.3) is 0 Å². The predicted octanol–water partition coefficient (Wildman–Crippen LogP) is -0.870. The van der Waals surface area contributed by atoms with Crippen LogP contribution in [0, 0.1) is 50.2 Å². The van der Waals surface area contributed by atoms with E-state index in [0.717, 1.165) is 12.8 Å². The Morgan fingerprint density at radius 1 is 0.667 bits per heavy atom. The molecule has 13 N–H and O–H groups in total. The van der Waals surface area contributed by atoms with E-state index in [4.69, 9.17) is 37.9 Å². The minimum atomic E-state index is -2.62. The van der Waals surface area contributed by atoms with Gasteiger partial charge in [0.05, 0.1) is 24.7 Å². The molecule has 78 heavy (non-hydrogen) atoms. The fraction of sp³-hybridized carbons (Fsp3) is 0.887. The molecule has 25 nitrogen and oxygen atoms in total. The number of carboxylic acid groups (broad SMARTS) is 3. The molecule has 25 atom stereocenters. The largest absolute Gasteiger partial charge is 0.480 e. The van der Waals surface area contributed by atoms with Crippen molar-refractivity contribution in [2.45, 2.75) is 223 Å². The van der Waals surface area contributed by atoms with Gasteiger partial charge in [-0.15, -0.1) is 0 Å². The molecule has 5 aliphatic carbocycles. The first-order valence-electron chi connectivity index (χ1n) is 27.1. The van der Waals surface area contributed by atoms with Crippen LogP contribution >= 0.6 is 0 Å². The number of ether oxygens (including phenoxy) is 8. The van der Waals surface area contributed by atoms with Crippen LogP contribution in [0.3, 0.4) is 0 Å². The van der Waals surface area contributed by atoms with Gasteiger partial charge in [0, 0.05) is 0 Å². The number of carboxylic acids is 3. The van der Waals surface area contributed by atoms with Gasteiger partial charge in [0.15, 0.2) is 25.0 Å². The van der Waals surface area contributed by atoms with Gasteiger partial charge < -0.3 is 104 Å². The number of hydrogen-bond donors (Lipinski definition) is 13. The third-order valence-corrected chi connectivity index (χ3v) is 20.4. The Morgan fingerprint density at radius 2 is 1.27 bits per heavy atom. The number of carbonyl (C=O) groups is 4. The molecule has 3 aliphatic heterocycles. The smallest absolute Gasteiger partial charge is 0.337 e. The molecule has 4 saturated carbocycles. The van der Waals surface area contributed by atoms with Gasteiger partial charge in [-0.05, 0) is 109 Å². The van der Waals surface area contributed by atoms with Gasteiger partial charge in [-0.2, -0.15) is 0 Å². The molecule has 0 aromatic heterocycles. The van der Waals surface area contributed by atoms with Gasteiger partial charge in [0.1, 0.15) is 73.8 Å². The van der Waals surface area contributed by atoms with E-state index >= 15 is 0 Å². The molecule has 0 aromatic carbocycles. The summed E-state index contributed by atoms with van der Waals surface area (Å²) in [6, 6.07) is 0. The fourth-order valence-electron chi connectivity index (χ4n) is 15.8. The van der Waals surface area contributed by atoms with Crippen molar-refractivity contribution < 1.29 is 123 Å². The molecule has 0 radical (unpaired) electrons. The average Bonchev–Trinajstić information content (AvgIpc) is 3.35. The van der Waals surface area contributed by atoms with Gasteiger partial charge in [0.25, 0.3) is 0 Å². The quantitative estimate of drug-likeness (QED) is 0.0387. The third kappa shape index (κ3) is 10.4. The van der Waals surface area contributed by atoms with Gasteiger partial charge in [-0.3, -0.25) is 4.79 Å². The molecule has 0 bridgehead atoms. The summed E-state index contributed by atoms with van der Waals surface area (Å²) in [6.07, 6.45) is -25.4. The molecule has 0 unspecified atom stereocenters. The molecular weight excluding hydrogens is 1040 g/mol. The lowest BCUT2D eigenvalue weighted by Crippen LogP contribution is -2.68. The Hall–Kier alpha value is -3.06. The van der Waals surface area contributed by atoms with Crippen molar-refractivity contribution in [1.29, 1.82) is 0 Å². The standard InChI is InChI=1S/C53H82O25/c1-48(2)14-16-53(47(70)78-45-35(63)33(61)31(59)25(20-55)73-45)17-15-51(6)22(23(53)18-48)8-9-27-50(5)12-11-28(49(3,4)26(50)10-13-52(27,51)7)74-46-40(77-44-34(62)32(60)30(58)24(19-54)72-44)38(36(64)39(76-46)42(68)69)75-43(37(65)41(66)67)71-21-29(56)57/h8,23-28,30-40,43-46,54-55,58-65H,9-21H2,1-7H3,(H,56,57)(H,66,67)(H,68,69)/t23-,24-,25-,26-,27-,28+,30-,31-,32+,33+,34-,35-,36+,37+,38+,39+,40-,43+,44+,45+,46-,50+,51-,52-,53+/m1/s1. The number of aliphatic hydroxyl groups excluding tert-OH is 10. The summed E-state index contributed by atoms with van der Waals surface area (Å²) < 4.78 is 47.0. The summed E-state index contributed by atoms with van der Waals surface area (Å²) in [7, 11) is 0. The van der Waals surface area contributed by atoms with Crippen molar-refractivity contribution in [2.75, 3.05) is 19.8 Å². The van der Waals surface area contributed by atoms with E-state index in [2.05, 4.69) is 40.7 Å². The highest BCUT2D eigenvalue weighted by Gasteiger charge is 2.70. The van der Waals surface area contributed by atoms with Crippen LogP contribution in [0.4, 0.5) is 0 Å².